The van der Waals surface area contributed by atoms with Gasteiger partial charge >= 0.3 is 0 Å². The molecule has 1 aromatic carbocycles. The minimum absolute atomic E-state index is 0.0880. The van der Waals surface area contributed by atoms with E-state index in [1.165, 1.54) is 13.0 Å². The highest BCUT2D eigenvalue weighted by Crippen LogP contribution is 2.41. The molecule has 0 aliphatic carbocycles. The summed E-state index contributed by atoms with van der Waals surface area (Å²) in [6.07, 6.45) is -6.99. The second kappa shape index (κ2) is 9.97. The number of Topliss-reactive ketones (excluding diaryl/α,β-unsaturated/α-hetero) is 1. The number of aliphatic hydroxyl groups is 6. The lowest BCUT2D eigenvalue weighted by Gasteiger charge is -2.41. The van der Waals surface area contributed by atoms with Crippen molar-refractivity contribution in [3.8, 4) is 11.5 Å². The summed E-state index contributed by atoms with van der Waals surface area (Å²) in [5.74, 6) is 0.165. The highest BCUT2D eigenvalue weighted by atomic mass is 16.7. The van der Waals surface area contributed by atoms with Gasteiger partial charge in [0.1, 0.15) is 41.7 Å². The minimum Gasteiger partial charge on any atom is -0.479 e. The molecular formula is C24H32O12. The number of benzene rings is 1. The third-order valence-corrected chi connectivity index (χ3v) is 6.44. The minimum atomic E-state index is -1.90. The van der Waals surface area contributed by atoms with Gasteiger partial charge in [-0.2, -0.15) is 0 Å². The van der Waals surface area contributed by atoms with Gasteiger partial charge in [0.05, 0.1) is 19.8 Å². The molecule has 3 aliphatic heterocycles. The zero-order chi connectivity index (χ0) is 26.4. The van der Waals surface area contributed by atoms with Gasteiger partial charge in [-0.05, 0) is 39.0 Å². The van der Waals surface area contributed by atoms with Crippen molar-refractivity contribution in [1.82, 2.24) is 0 Å². The summed E-state index contributed by atoms with van der Waals surface area (Å²) in [5, 5.41) is 60.9. The van der Waals surface area contributed by atoms with Gasteiger partial charge in [-0.1, -0.05) is 6.08 Å². The topological polar surface area (TPSA) is 185 Å². The summed E-state index contributed by atoms with van der Waals surface area (Å²) in [6.45, 7) is 3.48. The van der Waals surface area contributed by atoms with Crippen LogP contribution in [-0.4, -0.2) is 111 Å². The fraction of sp³-hybridized carbons (Fsp3) is 0.625. The second-order valence-electron chi connectivity index (χ2n) is 9.84. The Labute approximate surface area is 207 Å². The van der Waals surface area contributed by atoms with Gasteiger partial charge in [-0.3, -0.25) is 4.79 Å². The van der Waals surface area contributed by atoms with E-state index in [-0.39, 0.29) is 18.1 Å². The first-order chi connectivity index (χ1) is 16.8. The Morgan fingerprint density at radius 3 is 2.47 bits per heavy atom. The molecule has 2 saturated heterocycles. The molecule has 0 radical (unpaired) electrons. The first-order valence-electron chi connectivity index (χ1n) is 11.5. The number of rotatable bonds is 7. The first-order valence-corrected chi connectivity index (χ1v) is 11.5. The molecule has 4 rings (SSSR count). The largest absolute Gasteiger partial charge is 0.479 e. The molecule has 200 valence electrons. The summed E-state index contributed by atoms with van der Waals surface area (Å²) in [7, 11) is 0. The molecule has 12 heteroatoms. The van der Waals surface area contributed by atoms with Crippen LogP contribution in [0.15, 0.2) is 18.2 Å². The van der Waals surface area contributed by atoms with E-state index < -0.39 is 67.5 Å². The van der Waals surface area contributed by atoms with Crippen LogP contribution in [-0.2, 0) is 14.2 Å². The summed E-state index contributed by atoms with van der Waals surface area (Å²) in [6, 6.07) is 3.08. The van der Waals surface area contributed by atoms with Crippen molar-refractivity contribution in [1.29, 1.82) is 0 Å². The number of aliphatic hydroxyl groups excluding tert-OH is 5. The fourth-order valence-corrected chi connectivity index (χ4v) is 4.14. The predicted molar refractivity (Wildman–Crippen MR) is 121 cm³/mol. The van der Waals surface area contributed by atoms with E-state index >= 15 is 0 Å². The van der Waals surface area contributed by atoms with Crippen LogP contribution in [0.5, 0.6) is 11.5 Å². The van der Waals surface area contributed by atoms with Gasteiger partial charge in [0.25, 0.3) is 0 Å². The van der Waals surface area contributed by atoms with E-state index in [0.29, 0.717) is 16.9 Å². The van der Waals surface area contributed by atoms with E-state index in [1.54, 1.807) is 12.1 Å². The molecule has 0 saturated carbocycles. The molecule has 0 amide bonds. The monoisotopic (exact) mass is 512 g/mol. The molecule has 8 atom stereocenters. The van der Waals surface area contributed by atoms with E-state index in [0.717, 1.165) is 0 Å². The Balaban J connectivity index is 1.53. The number of carbonyl (C=O) groups is 1. The van der Waals surface area contributed by atoms with Crippen LogP contribution in [0.4, 0.5) is 0 Å². The van der Waals surface area contributed by atoms with Gasteiger partial charge in [-0.15, -0.1) is 0 Å². The fourth-order valence-electron chi connectivity index (χ4n) is 4.14. The molecular weight excluding hydrogens is 480 g/mol. The summed E-state index contributed by atoms with van der Waals surface area (Å²) >= 11 is 0. The maximum absolute atomic E-state index is 12.1. The van der Waals surface area contributed by atoms with Crippen LogP contribution in [0, 0.1) is 0 Å². The molecule has 6 N–H and O–H groups in total. The average Bonchev–Trinajstić information content (AvgIpc) is 3.12. The number of fused-ring (bicyclic) bond motifs is 1. The Bertz CT molecular complexity index is 1010. The Morgan fingerprint density at radius 1 is 1.11 bits per heavy atom. The Hall–Kier alpha value is -2.13. The van der Waals surface area contributed by atoms with Gasteiger partial charge in [0.2, 0.25) is 6.29 Å². The molecule has 12 nitrogen and oxygen atoms in total. The zero-order valence-electron chi connectivity index (χ0n) is 20.1. The lowest BCUT2D eigenvalue weighted by atomic mass is 9.98. The highest BCUT2D eigenvalue weighted by molar-refractivity contribution is 5.95. The number of carbonyl (C=O) groups excluding carboxylic acids is 1. The van der Waals surface area contributed by atoms with Crippen molar-refractivity contribution in [2.75, 3.05) is 19.8 Å². The number of ketones is 1. The molecule has 3 aliphatic rings. The average molecular weight is 513 g/mol. The number of hydrogen-bond donors (Lipinski definition) is 6. The standard InChI is InChI=1S/C24H32O12/c1-11(26)13-6-12-4-5-23(2,3)36-19(12)14(7-13)34-21-18(29)17(28)16(27)15(35-21)8-32-22-20(30)24(31,9-25)10-33-22/h4-7,15-18,20-22,25,27-31H,8-10H2,1-3H3. The van der Waals surface area contributed by atoms with Gasteiger partial charge in [-0.25, -0.2) is 0 Å². The predicted octanol–water partition coefficient (Wildman–Crippen LogP) is -1.28. The van der Waals surface area contributed by atoms with E-state index in [2.05, 4.69) is 0 Å². The molecule has 8 unspecified atom stereocenters. The van der Waals surface area contributed by atoms with E-state index in [4.69, 9.17) is 23.7 Å². The van der Waals surface area contributed by atoms with Crippen molar-refractivity contribution in [3.63, 3.8) is 0 Å². The van der Waals surface area contributed by atoms with Crippen molar-refractivity contribution in [3.05, 3.63) is 29.3 Å². The third kappa shape index (κ3) is 5.14. The Morgan fingerprint density at radius 2 is 1.83 bits per heavy atom. The molecule has 0 bridgehead atoms. The smallest absolute Gasteiger partial charge is 0.229 e. The van der Waals surface area contributed by atoms with Crippen molar-refractivity contribution < 1.29 is 59.1 Å². The van der Waals surface area contributed by atoms with Crippen LogP contribution < -0.4 is 9.47 Å². The van der Waals surface area contributed by atoms with Crippen LogP contribution in [0.1, 0.15) is 36.7 Å². The lowest BCUT2D eigenvalue weighted by molar-refractivity contribution is -0.289. The van der Waals surface area contributed by atoms with Gasteiger partial charge in [0, 0.05) is 11.1 Å². The second-order valence-corrected chi connectivity index (χ2v) is 9.84. The van der Waals surface area contributed by atoms with Crippen LogP contribution in [0.2, 0.25) is 0 Å². The molecule has 1 aromatic rings. The SMILES string of the molecule is CC(=O)c1cc2c(c(OC3OC(COC4OCC(O)(CO)C4O)C(O)C(O)C3O)c1)OC(C)(C)C=C2. The van der Waals surface area contributed by atoms with Crippen LogP contribution in [0.3, 0.4) is 0 Å². The Kier molecular flexibility index (Phi) is 7.45. The van der Waals surface area contributed by atoms with Crippen molar-refractivity contribution in [2.45, 2.75) is 75.1 Å². The van der Waals surface area contributed by atoms with Gasteiger partial charge in [0.15, 0.2) is 23.6 Å². The highest BCUT2D eigenvalue weighted by Gasteiger charge is 2.50. The van der Waals surface area contributed by atoms with Crippen LogP contribution in [0.25, 0.3) is 6.08 Å². The summed E-state index contributed by atoms with van der Waals surface area (Å²) in [4.78, 5) is 12.1. The van der Waals surface area contributed by atoms with Gasteiger partial charge < -0.3 is 54.3 Å². The number of ether oxygens (including phenoxy) is 5. The molecule has 0 aromatic heterocycles. The third-order valence-electron chi connectivity index (χ3n) is 6.44. The zero-order valence-corrected chi connectivity index (χ0v) is 20.1. The number of hydrogen-bond acceptors (Lipinski definition) is 12. The summed E-state index contributed by atoms with van der Waals surface area (Å²) < 4.78 is 28.2. The maximum Gasteiger partial charge on any atom is 0.229 e. The van der Waals surface area contributed by atoms with E-state index in [9.17, 15) is 35.4 Å². The van der Waals surface area contributed by atoms with Crippen molar-refractivity contribution in [2.24, 2.45) is 0 Å². The van der Waals surface area contributed by atoms with Crippen molar-refractivity contribution >= 4 is 11.9 Å². The maximum atomic E-state index is 12.1. The quantitative estimate of drug-likeness (QED) is 0.238. The molecule has 3 heterocycles. The molecule has 0 spiro atoms. The molecule has 2 fully saturated rings. The normalized spacial score (nSPS) is 37.3. The molecule has 36 heavy (non-hydrogen) atoms. The summed E-state index contributed by atoms with van der Waals surface area (Å²) in [5.41, 5.74) is -1.68. The lowest BCUT2D eigenvalue weighted by Crippen LogP contribution is -2.60. The van der Waals surface area contributed by atoms with Crippen LogP contribution >= 0.6 is 0 Å². The first kappa shape index (κ1) is 26.9. The van der Waals surface area contributed by atoms with E-state index in [1.807, 2.05) is 19.9 Å².